The van der Waals surface area contributed by atoms with Crippen molar-refractivity contribution in [3.63, 3.8) is 0 Å². The molecule has 0 saturated carbocycles. The molecule has 0 bridgehead atoms. The highest BCUT2D eigenvalue weighted by atomic mass is 19.1. The van der Waals surface area contributed by atoms with E-state index >= 15 is 0 Å². The average Bonchev–Trinajstić information content (AvgIpc) is 3.49. The van der Waals surface area contributed by atoms with E-state index in [1.807, 2.05) is 10.8 Å². The molecule has 0 spiro atoms. The van der Waals surface area contributed by atoms with Crippen LogP contribution in [-0.4, -0.2) is 45.9 Å². The van der Waals surface area contributed by atoms with E-state index < -0.39 is 23.4 Å². The highest BCUT2D eigenvalue weighted by Crippen LogP contribution is 2.38. The number of hydrogen-bond acceptors (Lipinski definition) is 3. The van der Waals surface area contributed by atoms with E-state index in [-0.39, 0.29) is 11.1 Å². The molecule has 2 aromatic carbocycles. The summed E-state index contributed by atoms with van der Waals surface area (Å²) in [5.74, 6) is -1.99. The van der Waals surface area contributed by atoms with Gasteiger partial charge in [0.1, 0.15) is 11.6 Å². The Morgan fingerprint density at radius 2 is 1.54 bits per heavy atom. The van der Waals surface area contributed by atoms with Crippen molar-refractivity contribution in [2.45, 2.75) is 26.8 Å². The van der Waals surface area contributed by atoms with Crippen molar-refractivity contribution in [2.75, 3.05) is 19.6 Å². The third-order valence-electron chi connectivity index (χ3n) is 6.72. The minimum atomic E-state index is -0.561. The lowest BCUT2D eigenvalue weighted by Gasteiger charge is -2.18. The lowest BCUT2D eigenvalue weighted by atomic mass is 9.95. The van der Waals surface area contributed by atoms with Crippen molar-refractivity contribution < 1.29 is 18.4 Å². The summed E-state index contributed by atoms with van der Waals surface area (Å²) < 4.78 is 30.3. The number of hydrogen-bond donors (Lipinski definition) is 2. The third kappa shape index (κ3) is 4.04. The van der Waals surface area contributed by atoms with Gasteiger partial charge in [0.05, 0.1) is 11.1 Å². The number of benzene rings is 2. The van der Waals surface area contributed by atoms with Crippen molar-refractivity contribution >= 4 is 44.8 Å². The quantitative estimate of drug-likeness (QED) is 0.362. The molecule has 180 valence electrons. The van der Waals surface area contributed by atoms with Crippen LogP contribution in [0.5, 0.6) is 0 Å². The molecule has 2 aromatic heterocycles. The van der Waals surface area contributed by atoms with E-state index in [0.29, 0.717) is 34.0 Å². The smallest absolute Gasteiger partial charge is 0.259 e. The molecule has 3 heterocycles. The van der Waals surface area contributed by atoms with Crippen LogP contribution in [0.1, 0.15) is 31.4 Å². The fourth-order valence-corrected chi connectivity index (χ4v) is 4.93. The predicted molar refractivity (Wildman–Crippen MR) is 133 cm³/mol. The van der Waals surface area contributed by atoms with Crippen molar-refractivity contribution in [3.8, 4) is 0 Å². The van der Waals surface area contributed by atoms with Crippen LogP contribution in [0, 0.1) is 11.6 Å². The molecular formula is C27H26F2N4O2. The second kappa shape index (κ2) is 9.11. The van der Waals surface area contributed by atoms with Crippen LogP contribution < -0.4 is 5.32 Å². The number of aryl methyl sites for hydroxylation is 1. The maximum absolute atomic E-state index is 14.3. The van der Waals surface area contributed by atoms with Crippen LogP contribution in [-0.2, 0) is 16.1 Å². The molecule has 4 aromatic rings. The molecule has 0 unspecified atom stereocenters. The molecule has 0 atom stereocenters. The van der Waals surface area contributed by atoms with Gasteiger partial charge in [-0.3, -0.25) is 14.9 Å². The van der Waals surface area contributed by atoms with Crippen LogP contribution in [0.3, 0.4) is 0 Å². The van der Waals surface area contributed by atoms with E-state index in [1.54, 1.807) is 18.3 Å². The van der Waals surface area contributed by atoms with Crippen LogP contribution in [0.25, 0.3) is 33.0 Å². The van der Waals surface area contributed by atoms with E-state index in [1.165, 1.54) is 24.3 Å². The monoisotopic (exact) mass is 476 g/mol. The normalized spacial score (nSPS) is 14.2. The molecule has 0 radical (unpaired) electrons. The summed E-state index contributed by atoms with van der Waals surface area (Å²) >= 11 is 0. The Morgan fingerprint density at radius 3 is 2.26 bits per heavy atom. The Morgan fingerprint density at radius 1 is 0.886 bits per heavy atom. The Balaban J connectivity index is 1.66. The van der Waals surface area contributed by atoms with Gasteiger partial charge in [-0.15, -0.1) is 0 Å². The summed E-state index contributed by atoms with van der Waals surface area (Å²) in [6.45, 7) is 7.75. The third-order valence-corrected chi connectivity index (χ3v) is 6.72. The van der Waals surface area contributed by atoms with Crippen molar-refractivity contribution in [1.29, 1.82) is 0 Å². The first-order chi connectivity index (χ1) is 16.9. The molecule has 35 heavy (non-hydrogen) atoms. The SMILES string of the molecule is CCN(CC)CCCn1cc(C2=C(c3c[nH]c4ccc(F)cc34)C(=O)NC2=O)c2cc(F)ccc21. The van der Waals surface area contributed by atoms with Crippen molar-refractivity contribution in [2.24, 2.45) is 0 Å². The largest absolute Gasteiger partial charge is 0.361 e. The number of halogens is 2. The lowest BCUT2D eigenvalue weighted by molar-refractivity contribution is -0.122. The van der Waals surface area contributed by atoms with Crippen LogP contribution in [0.2, 0.25) is 0 Å². The number of carbonyl (C=O) groups is 2. The topological polar surface area (TPSA) is 70.1 Å². The first-order valence-corrected chi connectivity index (χ1v) is 11.8. The number of carbonyl (C=O) groups excluding carboxylic acids is 2. The lowest BCUT2D eigenvalue weighted by Crippen LogP contribution is -2.24. The zero-order valence-electron chi connectivity index (χ0n) is 19.6. The molecule has 5 rings (SSSR count). The maximum atomic E-state index is 14.3. The summed E-state index contributed by atoms with van der Waals surface area (Å²) in [5, 5.41) is 3.42. The predicted octanol–water partition coefficient (Wildman–Crippen LogP) is 4.70. The molecule has 0 fully saturated rings. The molecule has 1 aliphatic heterocycles. The molecule has 1 aliphatic rings. The summed E-state index contributed by atoms with van der Waals surface area (Å²) in [6.07, 6.45) is 4.29. The van der Waals surface area contributed by atoms with E-state index in [9.17, 15) is 18.4 Å². The highest BCUT2D eigenvalue weighted by molar-refractivity contribution is 6.50. The van der Waals surface area contributed by atoms with Gasteiger partial charge < -0.3 is 14.5 Å². The van der Waals surface area contributed by atoms with Gasteiger partial charge in [-0.2, -0.15) is 0 Å². The van der Waals surface area contributed by atoms with Gasteiger partial charge in [0.2, 0.25) is 0 Å². The van der Waals surface area contributed by atoms with Crippen molar-refractivity contribution in [1.82, 2.24) is 19.8 Å². The summed E-state index contributed by atoms with van der Waals surface area (Å²) in [7, 11) is 0. The van der Waals surface area contributed by atoms with E-state index in [0.717, 1.165) is 31.6 Å². The summed E-state index contributed by atoms with van der Waals surface area (Å²) in [4.78, 5) is 31.3. The summed E-state index contributed by atoms with van der Waals surface area (Å²) in [6, 6.07) is 8.72. The van der Waals surface area contributed by atoms with Crippen LogP contribution >= 0.6 is 0 Å². The van der Waals surface area contributed by atoms with E-state index in [4.69, 9.17) is 0 Å². The maximum Gasteiger partial charge on any atom is 0.259 e. The minimum absolute atomic E-state index is 0.151. The zero-order chi connectivity index (χ0) is 24.7. The molecule has 8 heteroatoms. The molecule has 0 saturated heterocycles. The molecule has 2 amide bonds. The van der Waals surface area contributed by atoms with Gasteiger partial charge >= 0.3 is 0 Å². The zero-order valence-corrected chi connectivity index (χ0v) is 19.6. The Bertz CT molecular complexity index is 1490. The van der Waals surface area contributed by atoms with Crippen LogP contribution in [0.4, 0.5) is 8.78 Å². The number of fused-ring (bicyclic) bond motifs is 2. The second-order valence-electron chi connectivity index (χ2n) is 8.70. The minimum Gasteiger partial charge on any atom is -0.361 e. The van der Waals surface area contributed by atoms with Gasteiger partial charge in [-0.05, 0) is 62.5 Å². The number of aromatic amines is 1. The number of aromatic nitrogens is 2. The molecule has 0 aliphatic carbocycles. The first-order valence-electron chi connectivity index (χ1n) is 11.8. The van der Waals surface area contributed by atoms with Crippen LogP contribution in [0.15, 0.2) is 48.8 Å². The van der Waals surface area contributed by atoms with Gasteiger partial charge in [-0.25, -0.2) is 8.78 Å². The Hall–Kier alpha value is -3.78. The Labute approximate surface area is 201 Å². The fraction of sp³-hybridized carbons (Fsp3) is 0.259. The van der Waals surface area contributed by atoms with Gasteiger partial charge in [-0.1, -0.05) is 13.8 Å². The first kappa shape index (κ1) is 23.0. The molecule has 2 N–H and O–H groups in total. The number of imide groups is 1. The standard InChI is InChI=1S/C27H26F2N4O2/c1-3-32(4-2)10-5-11-33-15-21(19-13-17(29)7-9-23(19)33)25-24(26(34)31-27(25)35)20-14-30-22-8-6-16(28)12-18(20)22/h6-9,12-15,30H,3-5,10-11H2,1-2H3,(H,31,34,35). The average molecular weight is 477 g/mol. The number of amides is 2. The van der Waals surface area contributed by atoms with Gasteiger partial charge in [0, 0.05) is 51.9 Å². The fourth-order valence-electron chi connectivity index (χ4n) is 4.93. The summed E-state index contributed by atoms with van der Waals surface area (Å²) in [5.41, 5.74) is 2.65. The van der Waals surface area contributed by atoms with Gasteiger partial charge in [0.25, 0.3) is 11.8 Å². The number of nitrogens with zero attached hydrogens (tertiary/aromatic N) is 2. The Kier molecular flexibility index (Phi) is 5.98. The number of nitrogens with one attached hydrogen (secondary N) is 2. The number of H-pyrrole nitrogens is 1. The number of rotatable bonds is 8. The van der Waals surface area contributed by atoms with E-state index in [2.05, 4.69) is 29.0 Å². The highest BCUT2D eigenvalue weighted by Gasteiger charge is 2.35. The van der Waals surface area contributed by atoms with Gasteiger partial charge in [0.15, 0.2) is 0 Å². The molecular weight excluding hydrogens is 450 g/mol. The van der Waals surface area contributed by atoms with Crippen molar-refractivity contribution in [3.05, 3.63) is 71.6 Å². The second-order valence-corrected chi connectivity index (χ2v) is 8.70. The molecule has 6 nitrogen and oxygen atoms in total.